The van der Waals surface area contributed by atoms with Gasteiger partial charge >= 0.3 is 5.97 Å². The quantitative estimate of drug-likeness (QED) is 0.233. The van der Waals surface area contributed by atoms with Crippen LogP contribution in [0.1, 0.15) is 13.8 Å². The number of carbonyl (C=O) groups is 2. The zero-order valence-corrected chi connectivity index (χ0v) is 13.1. The largest absolute Gasteiger partial charge is 0.461 e. The molecule has 0 saturated carbocycles. The maximum Gasteiger partial charge on any atom is 0.362 e. The van der Waals surface area contributed by atoms with Crippen molar-refractivity contribution in [2.24, 2.45) is 17.3 Å². The Morgan fingerprint density at radius 3 is 2.82 bits per heavy atom. The molecule has 0 radical (unpaired) electrons. The minimum atomic E-state index is -0.825. The van der Waals surface area contributed by atoms with Crippen molar-refractivity contribution in [1.82, 2.24) is 20.2 Å². The van der Waals surface area contributed by atoms with Gasteiger partial charge in [0.2, 0.25) is 5.71 Å². The second-order valence-corrected chi connectivity index (χ2v) is 4.86. The van der Waals surface area contributed by atoms with Gasteiger partial charge in [-0.05, 0) is 13.8 Å². The van der Waals surface area contributed by atoms with E-state index in [1.54, 1.807) is 18.5 Å². The van der Waals surface area contributed by atoms with E-state index in [4.69, 9.17) is 5.21 Å². The highest BCUT2D eigenvalue weighted by Crippen LogP contribution is 2.12. The van der Waals surface area contributed by atoms with Gasteiger partial charge in [0.05, 0.1) is 18.1 Å². The number of rotatable bonds is 7. The van der Waals surface area contributed by atoms with Gasteiger partial charge in [-0.25, -0.2) is 10.2 Å². The molecule has 22 heavy (non-hydrogen) atoms. The van der Waals surface area contributed by atoms with Crippen molar-refractivity contribution in [1.29, 1.82) is 0 Å². The molecule has 0 bridgehead atoms. The maximum absolute atomic E-state index is 11.6. The molecular formula is C11H16N6O4S. The molecule has 0 fully saturated rings. The highest BCUT2D eigenvalue weighted by Gasteiger charge is 2.17. The predicted octanol–water partition coefficient (Wildman–Crippen LogP) is -0.207. The second-order valence-electron chi connectivity index (χ2n) is 3.91. The first-order valence-electron chi connectivity index (χ1n) is 6.19. The Balaban J connectivity index is 2.53. The number of aryl methyl sites for hydroxylation is 1. The molecule has 11 heteroatoms. The number of hydrazone groups is 1. The van der Waals surface area contributed by atoms with Crippen LogP contribution >= 0.6 is 11.8 Å². The molecule has 1 heterocycles. The van der Waals surface area contributed by atoms with Gasteiger partial charge < -0.3 is 14.5 Å². The van der Waals surface area contributed by atoms with Crippen LogP contribution in [0.2, 0.25) is 0 Å². The van der Waals surface area contributed by atoms with Gasteiger partial charge in [-0.3, -0.25) is 4.79 Å². The lowest BCUT2D eigenvalue weighted by molar-refractivity contribution is -0.135. The van der Waals surface area contributed by atoms with Crippen LogP contribution in [0.3, 0.4) is 0 Å². The summed E-state index contributed by atoms with van der Waals surface area (Å²) in [6.07, 6.45) is 1.52. The highest BCUT2D eigenvalue weighted by atomic mass is 32.2. The van der Waals surface area contributed by atoms with Crippen molar-refractivity contribution in [3.8, 4) is 0 Å². The number of carbonyl (C=O) groups excluding carboxylic acids is 2. The Bertz CT molecular complexity index is 597. The van der Waals surface area contributed by atoms with Crippen LogP contribution in [0.4, 0.5) is 0 Å². The number of nitrogens with one attached hydrogen (secondary N) is 1. The summed E-state index contributed by atoms with van der Waals surface area (Å²) < 4.78 is 6.36. The first-order chi connectivity index (χ1) is 10.5. The van der Waals surface area contributed by atoms with Crippen molar-refractivity contribution in [2.75, 3.05) is 12.4 Å². The third-order valence-electron chi connectivity index (χ3n) is 2.26. The highest BCUT2D eigenvalue weighted by molar-refractivity contribution is 7.99. The van der Waals surface area contributed by atoms with Crippen molar-refractivity contribution >= 4 is 35.1 Å². The Hall–Kier alpha value is -2.43. The van der Waals surface area contributed by atoms with Crippen LogP contribution in [0, 0.1) is 0 Å². The number of esters is 1. The van der Waals surface area contributed by atoms with Crippen molar-refractivity contribution in [2.45, 2.75) is 19.0 Å². The molecule has 0 atom stereocenters. The summed E-state index contributed by atoms with van der Waals surface area (Å²) in [5.74, 6) is -1.17. The number of thioether (sulfide) groups is 1. The number of ether oxygens (including phenoxy) is 1. The van der Waals surface area contributed by atoms with Crippen LogP contribution < -0.4 is 5.43 Å². The van der Waals surface area contributed by atoms with Crippen molar-refractivity contribution in [3.05, 3.63) is 6.33 Å². The second kappa shape index (κ2) is 8.77. The molecule has 2 N–H and O–H groups in total. The molecule has 0 unspecified atom stereocenters. The first kappa shape index (κ1) is 17.6. The molecule has 0 aliphatic heterocycles. The summed E-state index contributed by atoms with van der Waals surface area (Å²) in [6, 6.07) is 0. The SMILES string of the molecule is CCOC(=O)C(=N/O)/C(C)=N\NC(=O)CSc1nncn1C. The van der Waals surface area contributed by atoms with Crippen molar-refractivity contribution < 1.29 is 19.5 Å². The molecule has 0 aliphatic rings. The van der Waals surface area contributed by atoms with E-state index in [9.17, 15) is 9.59 Å². The molecule has 10 nitrogen and oxygen atoms in total. The standard InChI is InChI=1S/C11H16N6O4S/c1-4-21-10(19)9(16-20)7(2)13-14-8(18)5-22-11-15-12-6-17(11)3/h6,20H,4-5H2,1-3H3,(H,14,18)/b13-7-,16-9+. The Morgan fingerprint density at radius 1 is 1.55 bits per heavy atom. The average Bonchev–Trinajstić information content (AvgIpc) is 2.89. The van der Waals surface area contributed by atoms with Crippen LogP contribution in [0.25, 0.3) is 0 Å². The number of hydrogen-bond donors (Lipinski definition) is 2. The molecule has 0 aliphatic carbocycles. The van der Waals surface area contributed by atoms with Crippen LogP contribution in [0.15, 0.2) is 21.7 Å². The van der Waals surface area contributed by atoms with Gasteiger partial charge in [0.15, 0.2) is 5.16 Å². The molecule has 120 valence electrons. The summed E-state index contributed by atoms with van der Waals surface area (Å²) in [7, 11) is 1.76. The van der Waals surface area contributed by atoms with Gasteiger partial charge in [0.1, 0.15) is 6.33 Å². The molecule has 0 saturated heterocycles. The smallest absolute Gasteiger partial charge is 0.362 e. The normalized spacial score (nSPS) is 12.1. The molecule has 0 aromatic carbocycles. The van der Waals surface area contributed by atoms with Gasteiger partial charge in [-0.15, -0.1) is 10.2 Å². The van der Waals surface area contributed by atoms with E-state index >= 15 is 0 Å². The van der Waals surface area contributed by atoms with Crippen LogP contribution in [-0.2, 0) is 21.4 Å². The third-order valence-corrected chi connectivity index (χ3v) is 3.30. The number of amides is 1. The van der Waals surface area contributed by atoms with E-state index < -0.39 is 11.9 Å². The van der Waals surface area contributed by atoms with Crippen LogP contribution in [0.5, 0.6) is 0 Å². The topological polar surface area (TPSA) is 131 Å². The zero-order valence-electron chi connectivity index (χ0n) is 12.3. The van der Waals surface area contributed by atoms with Gasteiger partial charge in [0.25, 0.3) is 5.91 Å². The molecule has 1 aromatic heterocycles. The van der Waals surface area contributed by atoms with Crippen LogP contribution in [-0.4, -0.2) is 55.6 Å². The summed E-state index contributed by atoms with van der Waals surface area (Å²) in [4.78, 5) is 23.1. The van der Waals surface area contributed by atoms with E-state index in [0.29, 0.717) is 5.16 Å². The van der Waals surface area contributed by atoms with E-state index in [2.05, 4.69) is 30.6 Å². The van der Waals surface area contributed by atoms with Crippen molar-refractivity contribution in [3.63, 3.8) is 0 Å². The number of nitrogens with zero attached hydrogens (tertiary/aromatic N) is 5. The monoisotopic (exact) mass is 328 g/mol. The predicted molar refractivity (Wildman–Crippen MR) is 78.8 cm³/mol. The lowest BCUT2D eigenvalue weighted by atomic mass is 10.2. The Labute approximate surface area is 130 Å². The summed E-state index contributed by atoms with van der Waals surface area (Å²) in [5.41, 5.74) is 1.90. The minimum Gasteiger partial charge on any atom is -0.461 e. The number of hydrogen-bond acceptors (Lipinski definition) is 9. The number of oxime groups is 1. The van der Waals surface area contributed by atoms with E-state index in [1.807, 2.05) is 0 Å². The van der Waals surface area contributed by atoms with E-state index in [1.165, 1.54) is 25.0 Å². The molecular weight excluding hydrogens is 312 g/mol. The fourth-order valence-corrected chi connectivity index (χ4v) is 1.91. The fraction of sp³-hybridized carbons (Fsp3) is 0.455. The lowest BCUT2D eigenvalue weighted by Crippen LogP contribution is -2.28. The van der Waals surface area contributed by atoms with E-state index in [0.717, 1.165) is 0 Å². The minimum absolute atomic E-state index is 0.0259. The first-order valence-corrected chi connectivity index (χ1v) is 7.17. The summed E-state index contributed by atoms with van der Waals surface area (Å²) >= 11 is 1.18. The van der Waals surface area contributed by atoms with Gasteiger partial charge in [-0.1, -0.05) is 16.9 Å². The summed E-state index contributed by atoms with van der Waals surface area (Å²) in [5, 5.41) is 23.4. The van der Waals surface area contributed by atoms with Gasteiger partial charge in [-0.2, -0.15) is 5.10 Å². The van der Waals surface area contributed by atoms with Gasteiger partial charge in [0, 0.05) is 7.05 Å². The maximum atomic E-state index is 11.6. The third kappa shape index (κ3) is 5.16. The lowest BCUT2D eigenvalue weighted by Gasteiger charge is -2.04. The molecule has 1 aromatic rings. The fourth-order valence-electron chi connectivity index (χ4n) is 1.23. The summed E-state index contributed by atoms with van der Waals surface area (Å²) in [6.45, 7) is 3.15. The Kier molecular flexibility index (Phi) is 7.02. The molecule has 0 spiro atoms. The average molecular weight is 328 g/mol. The Morgan fingerprint density at radius 2 is 2.27 bits per heavy atom. The number of aromatic nitrogens is 3. The molecule has 1 amide bonds. The molecule has 1 rings (SSSR count). The van der Waals surface area contributed by atoms with E-state index in [-0.39, 0.29) is 23.8 Å². The zero-order chi connectivity index (χ0) is 16.5.